The summed E-state index contributed by atoms with van der Waals surface area (Å²) in [6, 6.07) is 2.95. The predicted molar refractivity (Wildman–Crippen MR) is 116 cm³/mol. The highest BCUT2D eigenvalue weighted by atomic mass is 127. The molecule has 25 heavy (non-hydrogen) atoms. The molecule has 0 bridgehead atoms. The molecule has 2 rings (SSSR count). The lowest BCUT2D eigenvalue weighted by Gasteiger charge is -2.24. The summed E-state index contributed by atoms with van der Waals surface area (Å²) in [6.07, 6.45) is 5.19. The third-order valence-corrected chi connectivity index (χ3v) is 5.52. The van der Waals surface area contributed by atoms with Gasteiger partial charge >= 0.3 is 5.51 Å². The van der Waals surface area contributed by atoms with Crippen LogP contribution in [0.2, 0.25) is 0 Å². The number of allylic oxidation sites excluding steroid dienone is 2. The summed E-state index contributed by atoms with van der Waals surface area (Å²) in [4.78, 5) is 0. The van der Waals surface area contributed by atoms with Crippen LogP contribution in [0.4, 0.5) is 13.2 Å². The van der Waals surface area contributed by atoms with E-state index in [1.165, 1.54) is 17.7 Å². The van der Waals surface area contributed by atoms with Crippen molar-refractivity contribution in [3.63, 3.8) is 0 Å². The van der Waals surface area contributed by atoms with Crippen LogP contribution in [-0.2, 0) is 0 Å². The lowest BCUT2D eigenvalue weighted by molar-refractivity contribution is -0.0369. The van der Waals surface area contributed by atoms with Gasteiger partial charge in [0, 0.05) is 66.0 Å². The van der Waals surface area contributed by atoms with Crippen LogP contribution < -0.4 is 12.5 Å². The molecule has 3 nitrogen and oxygen atoms in total. The van der Waals surface area contributed by atoms with Crippen LogP contribution in [0.15, 0.2) is 23.8 Å². The maximum absolute atomic E-state index is 12.4. The molecular weight excluding hydrogens is 623 g/mol. The maximum Gasteiger partial charge on any atom is 0.479 e. The zero-order valence-corrected chi connectivity index (χ0v) is 19.5. The zero-order valence-electron chi connectivity index (χ0n) is 12.8. The van der Waals surface area contributed by atoms with Gasteiger partial charge in [0.15, 0.2) is 12.0 Å². The van der Waals surface area contributed by atoms with E-state index in [1.807, 2.05) is 42.4 Å². The van der Waals surface area contributed by atoms with Gasteiger partial charge in [0.25, 0.3) is 0 Å². The Hall–Kier alpha value is 0.660. The van der Waals surface area contributed by atoms with Gasteiger partial charge in [-0.1, -0.05) is 11.6 Å². The average Bonchev–Trinajstić information content (AvgIpc) is 2.53. The predicted octanol–water partition coefficient (Wildman–Crippen LogP) is 8.20. The molecule has 1 aliphatic carbocycles. The first kappa shape index (κ1) is 22.0. The normalized spacial score (nSPS) is 17.8. The third-order valence-electron chi connectivity index (χ3n) is 3.50. The van der Waals surface area contributed by atoms with Gasteiger partial charge in [0.1, 0.15) is 35.7 Å². The van der Waals surface area contributed by atoms with Crippen molar-refractivity contribution in [3.8, 4) is 17.2 Å². The molecule has 1 aliphatic rings. The van der Waals surface area contributed by atoms with Crippen LogP contribution in [0.5, 0.6) is 17.2 Å². The Balaban J connectivity index is 2.42. The third kappa shape index (κ3) is 6.96. The van der Waals surface area contributed by atoms with Crippen LogP contribution in [0, 0.1) is 0 Å². The van der Waals surface area contributed by atoms with Crippen molar-refractivity contribution in [3.05, 3.63) is 29.3 Å². The first-order valence-electron chi connectivity index (χ1n) is 7.02. The second kappa shape index (κ2) is 10.3. The SMILES string of the molecule is CC1=CC(c2c(OSI)cc(OSC(F)(F)F)cc2OSI)CCC1. The van der Waals surface area contributed by atoms with Gasteiger partial charge in [-0.2, -0.15) is 13.2 Å². The van der Waals surface area contributed by atoms with E-state index in [1.54, 1.807) is 0 Å². The van der Waals surface area contributed by atoms with E-state index in [-0.39, 0.29) is 11.7 Å². The van der Waals surface area contributed by atoms with Crippen LogP contribution in [0.25, 0.3) is 0 Å². The molecule has 0 spiro atoms. The molecule has 11 heteroatoms. The monoisotopic (exact) mass is 636 g/mol. The Morgan fingerprint density at radius 2 is 1.68 bits per heavy atom. The van der Waals surface area contributed by atoms with Crippen molar-refractivity contribution in [2.45, 2.75) is 37.6 Å². The lowest BCUT2D eigenvalue weighted by Crippen LogP contribution is -2.06. The molecule has 140 valence electrons. The Kier molecular flexibility index (Phi) is 9.02. The molecule has 1 aromatic rings. The molecule has 0 aliphatic heterocycles. The summed E-state index contributed by atoms with van der Waals surface area (Å²) in [5, 5.41) is 0. The molecule has 0 aromatic heterocycles. The fourth-order valence-corrected chi connectivity index (χ4v) is 4.49. The van der Waals surface area contributed by atoms with Gasteiger partial charge in [-0.3, -0.25) is 0 Å². The fraction of sp³-hybridized carbons (Fsp3) is 0.429. The Morgan fingerprint density at radius 1 is 1.08 bits per heavy atom. The Labute approximate surface area is 181 Å². The van der Waals surface area contributed by atoms with E-state index in [0.717, 1.165) is 43.3 Å². The topological polar surface area (TPSA) is 27.7 Å². The molecule has 1 unspecified atom stereocenters. The lowest BCUT2D eigenvalue weighted by atomic mass is 9.85. The van der Waals surface area contributed by atoms with Crippen molar-refractivity contribution < 1.29 is 25.7 Å². The summed E-state index contributed by atoms with van der Waals surface area (Å²) in [6.45, 7) is 2.07. The van der Waals surface area contributed by atoms with Crippen molar-refractivity contribution in [1.29, 1.82) is 0 Å². The van der Waals surface area contributed by atoms with E-state index in [0.29, 0.717) is 11.5 Å². The molecule has 0 heterocycles. The number of hydrogen-bond acceptors (Lipinski definition) is 6. The smallest absolute Gasteiger partial charge is 0.417 e. The second-order valence-electron chi connectivity index (χ2n) is 5.25. The zero-order chi connectivity index (χ0) is 18.4. The molecule has 0 saturated heterocycles. The standard InChI is InChI=1S/C14H13F3I2O3S3/c1-8-3-2-4-9(5-8)13-11(21-24-18)6-10(7-12(13)22-25-19)20-23-14(15,16)17/h5-7,9H,2-4H2,1H3. The van der Waals surface area contributed by atoms with Gasteiger partial charge in [-0.25, -0.2) is 0 Å². The second-order valence-corrected chi connectivity index (χ2v) is 8.79. The van der Waals surface area contributed by atoms with Gasteiger partial charge in [-0.15, -0.1) is 0 Å². The highest BCUT2D eigenvalue weighted by Gasteiger charge is 2.32. The van der Waals surface area contributed by atoms with E-state index in [2.05, 4.69) is 13.0 Å². The van der Waals surface area contributed by atoms with Crippen LogP contribution in [-0.4, -0.2) is 5.51 Å². The number of halogens is 5. The number of hydrogen-bond donors (Lipinski definition) is 0. The van der Waals surface area contributed by atoms with Gasteiger partial charge in [-0.05, 0) is 26.2 Å². The molecule has 1 aromatic carbocycles. The summed E-state index contributed by atoms with van der Waals surface area (Å²) in [5.41, 5.74) is -2.37. The summed E-state index contributed by atoms with van der Waals surface area (Å²) in [5.74, 6) is 1.03. The van der Waals surface area contributed by atoms with Crippen molar-refractivity contribution in [2.75, 3.05) is 0 Å². The minimum absolute atomic E-state index is 0.0310. The van der Waals surface area contributed by atoms with E-state index >= 15 is 0 Å². The van der Waals surface area contributed by atoms with Gasteiger partial charge in [0.2, 0.25) is 0 Å². The average molecular weight is 636 g/mol. The first-order valence-corrected chi connectivity index (χ1v) is 14.3. The highest BCUT2D eigenvalue weighted by Crippen LogP contribution is 2.47. The molecular formula is C14H13F3I2O3S3. The van der Waals surface area contributed by atoms with Gasteiger partial charge in [0.05, 0.1) is 0 Å². The molecule has 0 N–H and O–H groups in total. The summed E-state index contributed by atoms with van der Waals surface area (Å²) in [7, 11) is 2.19. The molecule has 0 radical (unpaired) electrons. The van der Waals surface area contributed by atoms with Crippen molar-refractivity contribution >= 4 is 72.9 Å². The Morgan fingerprint density at radius 3 is 2.16 bits per heavy atom. The highest BCUT2D eigenvalue weighted by molar-refractivity contribution is 14.2. The Bertz CT molecular complexity index is 602. The number of alkyl halides is 3. The fourth-order valence-electron chi connectivity index (χ4n) is 2.63. The molecule has 1 atom stereocenters. The molecule has 0 saturated carbocycles. The minimum Gasteiger partial charge on any atom is -0.417 e. The first-order chi connectivity index (χ1) is 11.8. The number of benzene rings is 1. The quantitative estimate of drug-likeness (QED) is 0.170. The van der Waals surface area contributed by atoms with Gasteiger partial charge < -0.3 is 12.5 Å². The minimum atomic E-state index is -4.49. The van der Waals surface area contributed by atoms with E-state index in [9.17, 15) is 13.2 Å². The maximum atomic E-state index is 12.4. The molecule has 0 amide bonds. The van der Waals surface area contributed by atoms with E-state index < -0.39 is 17.6 Å². The van der Waals surface area contributed by atoms with E-state index in [4.69, 9.17) is 12.5 Å². The summed E-state index contributed by atoms with van der Waals surface area (Å²) >= 11 is 3.38. The van der Waals surface area contributed by atoms with Crippen LogP contribution >= 0.6 is 72.9 Å². The van der Waals surface area contributed by atoms with Crippen molar-refractivity contribution in [1.82, 2.24) is 0 Å². The number of rotatable bonds is 7. The van der Waals surface area contributed by atoms with Crippen molar-refractivity contribution in [2.24, 2.45) is 0 Å². The largest absolute Gasteiger partial charge is 0.479 e. The summed E-state index contributed by atoms with van der Waals surface area (Å²) < 4.78 is 53.2. The van der Waals surface area contributed by atoms with Crippen LogP contribution in [0.1, 0.15) is 37.7 Å². The van der Waals surface area contributed by atoms with Crippen LogP contribution in [0.3, 0.4) is 0 Å². The molecule has 0 fully saturated rings.